The van der Waals surface area contributed by atoms with Crippen LogP contribution in [0.5, 0.6) is 0 Å². The van der Waals surface area contributed by atoms with Crippen molar-refractivity contribution < 1.29 is 4.42 Å². The second-order valence-electron chi connectivity index (χ2n) is 14.7. The van der Waals surface area contributed by atoms with E-state index in [0.717, 1.165) is 65.7 Å². The number of rotatable bonds is 4. The van der Waals surface area contributed by atoms with Crippen LogP contribution >= 0.6 is 0 Å². The summed E-state index contributed by atoms with van der Waals surface area (Å²) >= 11 is 0. The molecule has 0 aliphatic heterocycles. The molecule has 5 nitrogen and oxygen atoms in total. The van der Waals surface area contributed by atoms with Crippen molar-refractivity contribution >= 4 is 43.4 Å². The third kappa shape index (κ3) is 4.65. The zero-order valence-electron chi connectivity index (χ0n) is 29.7. The van der Waals surface area contributed by atoms with Gasteiger partial charge in [0.15, 0.2) is 23.1 Å². The molecular weight excluding hydrogens is 661 g/mol. The Hall–Kier alpha value is -6.98. The van der Waals surface area contributed by atoms with Crippen LogP contribution in [0.2, 0.25) is 0 Å². The molecule has 8 aromatic carbocycles. The van der Waals surface area contributed by atoms with E-state index in [1.54, 1.807) is 0 Å². The summed E-state index contributed by atoms with van der Waals surface area (Å²) in [5, 5.41) is 6.61. The van der Waals surface area contributed by atoms with Crippen LogP contribution in [0, 0.1) is 0 Å². The van der Waals surface area contributed by atoms with Crippen molar-refractivity contribution in [1.29, 1.82) is 0 Å². The average molecular weight is 693 g/mol. The molecule has 2 aromatic heterocycles. The summed E-state index contributed by atoms with van der Waals surface area (Å²) < 4.78 is 6.59. The standard InChI is InChI=1S/C49H32N4O/c1-49(2)39-16-10-9-15-36(39)37-25-23-35(28-40(37)49)47-52-45(32-11-5-3-6-12-32)51-46(53-47)34-22-18-29-17-19-30-20-21-31-24-26-41-44(43(31)42(30)38(29)27-34)54-48(50-41)33-13-7-4-8-14-33/h3-28H,1-2H3. The topological polar surface area (TPSA) is 64.7 Å². The number of aromatic nitrogens is 4. The first kappa shape index (κ1) is 30.6. The quantitative estimate of drug-likeness (QED) is 0.172. The average Bonchev–Trinajstić information content (AvgIpc) is 3.77. The minimum atomic E-state index is -0.140. The fourth-order valence-electron chi connectivity index (χ4n) is 8.38. The normalized spacial score (nSPS) is 13.1. The van der Waals surface area contributed by atoms with E-state index in [4.69, 9.17) is 24.4 Å². The summed E-state index contributed by atoms with van der Waals surface area (Å²) in [4.78, 5) is 20.3. The fraction of sp³-hybridized carbons (Fsp3) is 0.0612. The number of hydrogen-bond donors (Lipinski definition) is 0. The molecule has 0 saturated heterocycles. The van der Waals surface area contributed by atoms with E-state index in [1.165, 1.54) is 22.3 Å². The van der Waals surface area contributed by atoms with E-state index in [9.17, 15) is 0 Å². The van der Waals surface area contributed by atoms with E-state index < -0.39 is 0 Å². The van der Waals surface area contributed by atoms with Crippen LogP contribution in [0.1, 0.15) is 25.0 Å². The Balaban J connectivity index is 1.13. The van der Waals surface area contributed by atoms with Gasteiger partial charge in [0.05, 0.1) is 0 Å². The lowest BCUT2D eigenvalue weighted by atomic mass is 9.82. The second-order valence-corrected chi connectivity index (χ2v) is 14.7. The Labute approximate surface area is 311 Å². The number of oxazole rings is 1. The smallest absolute Gasteiger partial charge is 0.227 e. The monoisotopic (exact) mass is 692 g/mol. The van der Waals surface area contributed by atoms with Crippen LogP contribution in [0.3, 0.4) is 0 Å². The molecule has 11 rings (SSSR count). The second kappa shape index (κ2) is 11.5. The van der Waals surface area contributed by atoms with Gasteiger partial charge in [0.25, 0.3) is 0 Å². The van der Waals surface area contributed by atoms with Crippen molar-refractivity contribution in [3.63, 3.8) is 0 Å². The van der Waals surface area contributed by atoms with Gasteiger partial charge in [-0.2, -0.15) is 0 Å². The minimum absolute atomic E-state index is 0.140. The maximum absolute atomic E-state index is 6.59. The van der Waals surface area contributed by atoms with Crippen molar-refractivity contribution in [2.24, 2.45) is 0 Å². The predicted octanol–water partition coefficient (Wildman–Crippen LogP) is 12.4. The lowest BCUT2D eigenvalue weighted by Gasteiger charge is -2.21. The van der Waals surface area contributed by atoms with Gasteiger partial charge in [-0.1, -0.05) is 141 Å². The van der Waals surface area contributed by atoms with Gasteiger partial charge in [0.2, 0.25) is 5.89 Å². The molecular formula is C49H32N4O. The molecule has 0 fully saturated rings. The predicted molar refractivity (Wildman–Crippen MR) is 219 cm³/mol. The molecule has 54 heavy (non-hydrogen) atoms. The molecule has 0 atom stereocenters. The zero-order chi connectivity index (χ0) is 36.0. The third-order valence-electron chi connectivity index (χ3n) is 11.1. The lowest BCUT2D eigenvalue weighted by molar-refractivity contribution is 0.623. The Morgan fingerprint density at radius 3 is 1.74 bits per heavy atom. The van der Waals surface area contributed by atoms with Crippen molar-refractivity contribution in [2.75, 3.05) is 0 Å². The summed E-state index contributed by atoms with van der Waals surface area (Å²) in [6.07, 6.45) is 0. The molecule has 1 aliphatic rings. The highest BCUT2D eigenvalue weighted by atomic mass is 16.3. The third-order valence-corrected chi connectivity index (χ3v) is 11.1. The van der Waals surface area contributed by atoms with Gasteiger partial charge < -0.3 is 4.42 Å². The van der Waals surface area contributed by atoms with Gasteiger partial charge in [-0.3, -0.25) is 0 Å². The Morgan fingerprint density at radius 1 is 0.426 bits per heavy atom. The van der Waals surface area contributed by atoms with E-state index >= 15 is 0 Å². The fourth-order valence-corrected chi connectivity index (χ4v) is 8.38. The molecule has 10 aromatic rings. The molecule has 0 radical (unpaired) electrons. The van der Waals surface area contributed by atoms with Gasteiger partial charge in [-0.25, -0.2) is 19.9 Å². The Kier molecular flexibility index (Phi) is 6.53. The first-order valence-corrected chi connectivity index (χ1v) is 18.3. The van der Waals surface area contributed by atoms with Crippen LogP contribution in [0.4, 0.5) is 0 Å². The van der Waals surface area contributed by atoms with Crippen molar-refractivity contribution in [2.45, 2.75) is 19.3 Å². The summed E-state index contributed by atoms with van der Waals surface area (Å²) in [7, 11) is 0. The first-order chi connectivity index (χ1) is 26.5. The highest BCUT2D eigenvalue weighted by Gasteiger charge is 2.35. The van der Waals surface area contributed by atoms with Gasteiger partial charge in [-0.15, -0.1) is 0 Å². The van der Waals surface area contributed by atoms with Gasteiger partial charge in [0.1, 0.15) is 5.52 Å². The van der Waals surface area contributed by atoms with Crippen LogP contribution < -0.4 is 0 Å². The molecule has 0 N–H and O–H groups in total. The Morgan fingerprint density at radius 2 is 0.981 bits per heavy atom. The van der Waals surface area contributed by atoms with Crippen molar-refractivity contribution in [3.05, 3.63) is 169 Å². The molecule has 0 unspecified atom stereocenters. The molecule has 5 heteroatoms. The molecule has 254 valence electrons. The SMILES string of the molecule is CC1(C)c2ccccc2-c2ccc(-c3nc(-c4ccccc4)nc(-c4ccc5ccc6ccc7ccc8nc(-c9ccccc9)oc8c7c6c5c4)n3)cc21. The van der Waals surface area contributed by atoms with E-state index in [-0.39, 0.29) is 5.41 Å². The van der Waals surface area contributed by atoms with Crippen molar-refractivity contribution in [1.82, 2.24) is 19.9 Å². The van der Waals surface area contributed by atoms with Crippen molar-refractivity contribution in [3.8, 4) is 56.7 Å². The molecule has 1 aliphatic carbocycles. The summed E-state index contributed by atoms with van der Waals surface area (Å²) in [6, 6.07) is 55.0. The zero-order valence-corrected chi connectivity index (χ0v) is 29.7. The van der Waals surface area contributed by atoms with Crippen LogP contribution in [0.25, 0.3) is 100 Å². The summed E-state index contributed by atoms with van der Waals surface area (Å²) in [5.41, 5.74) is 10.4. The maximum Gasteiger partial charge on any atom is 0.227 e. The highest BCUT2D eigenvalue weighted by molar-refractivity contribution is 6.26. The van der Waals surface area contributed by atoms with Gasteiger partial charge >= 0.3 is 0 Å². The van der Waals surface area contributed by atoms with E-state index in [0.29, 0.717) is 23.4 Å². The first-order valence-electron chi connectivity index (χ1n) is 18.3. The lowest BCUT2D eigenvalue weighted by Crippen LogP contribution is -2.15. The Bertz CT molecular complexity index is 3120. The number of hydrogen-bond acceptors (Lipinski definition) is 5. The molecule has 0 saturated carbocycles. The molecule has 0 amide bonds. The van der Waals surface area contributed by atoms with Crippen LogP contribution in [-0.2, 0) is 5.41 Å². The number of fused-ring (bicyclic) bond motifs is 10. The van der Waals surface area contributed by atoms with Crippen LogP contribution in [-0.4, -0.2) is 19.9 Å². The summed E-state index contributed by atoms with van der Waals surface area (Å²) in [5.74, 6) is 2.52. The van der Waals surface area contributed by atoms with Crippen LogP contribution in [0.15, 0.2) is 162 Å². The van der Waals surface area contributed by atoms with Gasteiger partial charge in [0, 0.05) is 38.4 Å². The largest absolute Gasteiger partial charge is 0.435 e. The highest BCUT2D eigenvalue weighted by Crippen LogP contribution is 2.49. The number of nitrogens with zero attached hydrogens (tertiary/aromatic N) is 4. The number of benzene rings is 8. The maximum atomic E-state index is 6.59. The van der Waals surface area contributed by atoms with E-state index in [2.05, 4.69) is 117 Å². The van der Waals surface area contributed by atoms with Gasteiger partial charge in [-0.05, 0) is 74.1 Å². The molecule has 0 bridgehead atoms. The molecule has 0 spiro atoms. The molecule has 2 heterocycles. The summed E-state index contributed by atoms with van der Waals surface area (Å²) in [6.45, 7) is 4.60. The minimum Gasteiger partial charge on any atom is -0.435 e. The van der Waals surface area contributed by atoms with E-state index in [1.807, 2.05) is 54.6 Å².